The van der Waals surface area contributed by atoms with E-state index in [1.165, 1.54) is 0 Å². The molecule has 92 valence electrons. The van der Waals surface area contributed by atoms with Crippen LogP contribution in [0, 0.1) is 0 Å². The van der Waals surface area contributed by atoms with Gasteiger partial charge < -0.3 is 4.74 Å². The van der Waals surface area contributed by atoms with Gasteiger partial charge in [0.1, 0.15) is 5.75 Å². The third kappa shape index (κ3) is 3.60. The van der Waals surface area contributed by atoms with Crippen LogP contribution in [0.4, 0.5) is 0 Å². The van der Waals surface area contributed by atoms with Gasteiger partial charge in [-0.15, -0.1) is 0 Å². The summed E-state index contributed by atoms with van der Waals surface area (Å²) >= 11 is 5.84. The number of rotatable bonds is 5. The molecule has 0 aliphatic heterocycles. The maximum Gasteiger partial charge on any atom is 0.166 e. The first-order chi connectivity index (χ1) is 8.75. The summed E-state index contributed by atoms with van der Waals surface area (Å²) in [5.41, 5.74) is 0.624. The Balaban J connectivity index is 1.86. The highest BCUT2D eigenvalue weighted by atomic mass is 35.5. The fourth-order valence-electron chi connectivity index (χ4n) is 1.58. The van der Waals surface area contributed by atoms with Crippen LogP contribution < -0.4 is 4.74 Å². The molecule has 0 aromatic heterocycles. The molecule has 0 spiro atoms. The highest BCUT2D eigenvalue weighted by Crippen LogP contribution is 2.13. The van der Waals surface area contributed by atoms with Gasteiger partial charge in [0, 0.05) is 17.0 Å². The van der Waals surface area contributed by atoms with Gasteiger partial charge in [-0.1, -0.05) is 41.9 Å². The van der Waals surface area contributed by atoms with E-state index in [0.29, 0.717) is 23.6 Å². The minimum atomic E-state index is 0.0356. The SMILES string of the molecule is O=C(CCOc1ccccc1)c1cccc(Cl)c1. The largest absolute Gasteiger partial charge is 0.493 e. The van der Waals surface area contributed by atoms with E-state index < -0.39 is 0 Å². The smallest absolute Gasteiger partial charge is 0.166 e. The van der Waals surface area contributed by atoms with Crippen molar-refractivity contribution in [3.8, 4) is 5.75 Å². The second-order valence-corrected chi connectivity index (χ2v) is 4.28. The van der Waals surface area contributed by atoms with Crippen molar-refractivity contribution in [2.24, 2.45) is 0 Å². The molecule has 0 radical (unpaired) electrons. The van der Waals surface area contributed by atoms with E-state index >= 15 is 0 Å². The van der Waals surface area contributed by atoms with Gasteiger partial charge in [0.05, 0.1) is 6.61 Å². The molecule has 0 aliphatic carbocycles. The van der Waals surface area contributed by atoms with Gasteiger partial charge in [-0.2, -0.15) is 0 Å². The van der Waals surface area contributed by atoms with Crippen LogP contribution in [0.3, 0.4) is 0 Å². The number of para-hydroxylation sites is 1. The van der Waals surface area contributed by atoms with Crippen molar-refractivity contribution < 1.29 is 9.53 Å². The van der Waals surface area contributed by atoms with Crippen LogP contribution in [0.15, 0.2) is 54.6 Å². The summed E-state index contributed by atoms with van der Waals surface area (Å²) in [5, 5.41) is 0.574. The lowest BCUT2D eigenvalue weighted by Crippen LogP contribution is -2.06. The second-order valence-electron chi connectivity index (χ2n) is 3.85. The molecule has 2 nitrogen and oxygen atoms in total. The van der Waals surface area contributed by atoms with E-state index in [9.17, 15) is 4.79 Å². The molecular formula is C15H13ClO2. The van der Waals surface area contributed by atoms with Crippen molar-refractivity contribution in [2.75, 3.05) is 6.61 Å². The van der Waals surface area contributed by atoms with Crippen molar-refractivity contribution in [3.63, 3.8) is 0 Å². The quantitative estimate of drug-likeness (QED) is 0.760. The Morgan fingerprint density at radius 1 is 1.06 bits per heavy atom. The molecule has 0 fully saturated rings. The lowest BCUT2D eigenvalue weighted by molar-refractivity contribution is 0.0962. The molecule has 3 heteroatoms. The van der Waals surface area contributed by atoms with Crippen molar-refractivity contribution in [1.29, 1.82) is 0 Å². The Morgan fingerprint density at radius 3 is 2.56 bits per heavy atom. The van der Waals surface area contributed by atoms with Gasteiger partial charge in [0.15, 0.2) is 5.78 Å². The molecule has 2 rings (SSSR count). The summed E-state index contributed by atoms with van der Waals surface area (Å²) in [6, 6.07) is 16.4. The second kappa shape index (κ2) is 6.22. The normalized spacial score (nSPS) is 10.1. The molecule has 2 aromatic carbocycles. The monoisotopic (exact) mass is 260 g/mol. The van der Waals surface area contributed by atoms with E-state index in [1.54, 1.807) is 24.3 Å². The molecule has 0 atom stereocenters. The van der Waals surface area contributed by atoms with Crippen molar-refractivity contribution >= 4 is 17.4 Å². The first-order valence-corrected chi connectivity index (χ1v) is 6.10. The Labute approximate surface area is 111 Å². The third-order valence-corrected chi connectivity index (χ3v) is 2.72. The molecule has 0 saturated heterocycles. The molecule has 0 saturated carbocycles. The molecule has 0 N–H and O–H groups in total. The average Bonchev–Trinajstić information content (AvgIpc) is 2.40. The standard InChI is InChI=1S/C15H13ClO2/c16-13-6-4-5-12(11-13)15(17)9-10-18-14-7-2-1-3-8-14/h1-8,11H,9-10H2. The van der Waals surface area contributed by atoms with E-state index in [2.05, 4.69) is 0 Å². The predicted octanol–water partition coefficient (Wildman–Crippen LogP) is 3.99. The molecule has 0 unspecified atom stereocenters. The summed E-state index contributed by atoms with van der Waals surface area (Å²) in [5.74, 6) is 0.810. The fraction of sp³-hybridized carbons (Fsp3) is 0.133. The van der Waals surface area contributed by atoms with Crippen LogP contribution >= 0.6 is 11.6 Å². The Bertz CT molecular complexity index is 523. The maximum absolute atomic E-state index is 11.8. The number of halogens is 1. The Morgan fingerprint density at radius 2 is 1.83 bits per heavy atom. The number of carbonyl (C=O) groups is 1. The number of ether oxygens (including phenoxy) is 1. The summed E-state index contributed by atoms with van der Waals surface area (Å²) < 4.78 is 5.47. The number of ketones is 1. The van der Waals surface area contributed by atoms with Gasteiger partial charge >= 0.3 is 0 Å². The first kappa shape index (κ1) is 12.7. The van der Waals surface area contributed by atoms with E-state index in [-0.39, 0.29) is 5.78 Å². The van der Waals surface area contributed by atoms with Gasteiger partial charge in [-0.25, -0.2) is 0 Å². The minimum Gasteiger partial charge on any atom is -0.493 e. The zero-order chi connectivity index (χ0) is 12.8. The first-order valence-electron chi connectivity index (χ1n) is 5.72. The van der Waals surface area contributed by atoms with Crippen LogP contribution in [0.2, 0.25) is 5.02 Å². The molecule has 18 heavy (non-hydrogen) atoms. The zero-order valence-electron chi connectivity index (χ0n) is 9.80. The zero-order valence-corrected chi connectivity index (χ0v) is 10.6. The summed E-state index contributed by atoms with van der Waals surface area (Å²) in [6.07, 6.45) is 0.342. The summed E-state index contributed by atoms with van der Waals surface area (Å²) in [7, 11) is 0. The molecule has 0 amide bonds. The van der Waals surface area contributed by atoms with E-state index in [0.717, 1.165) is 5.75 Å². The van der Waals surface area contributed by atoms with E-state index in [4.69, 9.17) is 16.3 Å². The van der Waals surface area contributed by atoms with E-state index in [1.807, 2.05) is 30.3 Å². The van der Waals surface area contributed by atoms with Gasteiger partial charge in [0.2, 0.25) is 0 Å². The summed E-state index contributed by atoms with van der Waals surface area (Å²) in [6.45, 7) is 0.370. The van der Waals surface area contributed by atoms with Crippen molar-refractivity contribution in [1.82, 2.24) is 0 Å². The highest BCUT2D eigenvalue weighted by molar-refractivity contribution is 6.31. The average molecular weight is 261 g/mol. The lowest BCUT2D eigenvalue weighted by atomic mass is 10.1. The minimum absolute atomic E-state index is 0.0356. The third-order valence-electron chi connectivity index (χ3n) is 2.49. The highest BCUT2D eigenvalue weighted by Gasteiger charge is 2.06. The Kier molecular flexibility index (Phi) is 4.37. The van der Waals surface area contributed by atoms with Crippen LogP contribution in [0.1, 0.15) is 16.8 Å². The van der Waals surface area contributed by atoms with Gasteiger partial charge in [-0.3, -0.25) is 4.79 Å². The Hall–Kier alpha value is -1.80. The number of hydrogen-bond donors (Lipinski definition) is 0. The van der Waals surface area contributed by atoms with Crippen LogP contribution in [0.25, 0.3) is 0 Å². The molecule has 2 aromatic rings. The molecular weight excluding hydrogens is 248 g/mol. The van der Waals surface area contributed by atoms with Gasteiger partial charge in [0.25, 0.3) is 0 Å². The molecule has 0 bridgehead atoms. The maximum atomic E-state index is 11.8. The fourth-order valence-corrected chi connectivity index (χ4v) is 1.77. The van der Waals surface area contributed by atoms with Crippen molar-refractivity contribution in [2.45, 2.75) is 6.42 Å². The van der Waals surface area contributed by atoms with Crippen LogP contribution in [-0.4, -0.2) is 12.4 Å². The van der Waals surface area contributed by atoms with Gasteiger partial charge in [-0.05, 0) is 24.3 Å². The lowest BCUT2D eigenvalue weighted by Gasteiger charge is -2.05. The predicted molar refractivity (Wildman–Crippen MR) is 72.3 cm³/mol. The number of carbonyl (C=O) groups excluding carboxylic acids is 1. The van der Waals surface area contributed by atoms with Crippen molar-refractivity contribution in [3.05, 3.63) is 65.2 Å². The molecule has 0 aliphatic rings. The molecule has 0 heterocycles. The van der Waals surface area contributed by atoms with Crippen LogP contribution in [-0.2, 0) is 0 Å². The number of hydrogen-bond acceptors (Lipinski definition) is 2. The number of benzene rings is 2. The topological polar surface area (TPSA) is 26.3 Å². The van der Waals surface area contributed by atoms with Crippen LogP contribution in [0.5, 0.6) is 5.75 Å². The summed E-state index contributed by atoms with van der Waals surface area (Å²) in [4.78, 5) is 11.8. The number of Topliss-reactive ketones (excluding diaryl/α,β-unsaturated/α-hetero) is 1.